The fourth-order valence-electron chi connectivity index (χ4n) is 3.62. The van der Waals surface area contributed by atoms with E-state index >= 15 is 0 Å². The Kier molecular flexibility index (Phi) is 5.97. The SMILES string of the molecule is CCC1C(=O)NC2(CCCC2)C(=O)N1CCCCCSC. The highest BCUT2D eigenvalue weighted by atomic mass is 32.2. The third-order valence-corrected chi connectivity index (χ3v) is 5.50. The van der Waals surface area contributed by atoms with E-state index in [1.807, 2.05) is 23.6 Å². The normalized spacial score (nSPS) is 24.7. The van der Waals surface area contributed by atoms with E-state index in [-0.39, 0.29) is 17.9 Å². The topological polar surface area (TPSA) is 49.4 Å². The summed E-state index contributed by atoms with van der Waals surface area (Å²) >= 11 is 1.86. The zero-order chi connectivity index (χ0) is 15.3. The summed E-state index contributed by atoms with van der Waals surface area (Å²) in [6.07, 6.45) is 9.88. The van der Waals surface area contributed by atoms with E-state index < -0.39 is 5.54 Å². The molecule has 4 nitrogen and oxygen atoms in total. The molecule has 0 aromatic rings. The van der Waals surface area contributed by atoms with Gasteiger partial charge in [0.1, 0.15) is 11.6 Å². The average Bonchev–Trinajstić information content (AvgIpc) is 2.93. The van der Waals surface area contributed by atoms with E-state index in [0.29, 0.717) is 6.42 Å². The van der Waals surface area contributed by atoms with Crippen molar-refractivity contribution in [3.8, 4) is 0 Å². The summed E-state index contributed by atoms with van der Waals surface area (Å²) in [6.45, 7) is 2.73. The standard InChI is InChI=1S/C16H28N2O2S/c1-3-13-14(19)17-16(9-5-6-10-16)15(20)18(13)11-7-4-8-12-21-2/h13H,3-12H2,1-2H3,(H,17,19). The first-order valence-electron chi connectivity index (χ1n) is 8.26. The number of nitrogens with one attached hydrogen (secondary N) is 1. The van der Waals surface area contributed by atoms with Crippen molar-refractivity contribution in [3.63, 3.8) is 0 Å². The van der Waals surface area contributed by atoms with Crippen molar-refractivity contribution >= 4 is 23.6 Å². The lowest BCUT2D eigenvalue weighted by molar-refractivity contribution is -0.155. The molecule has 2 fully saturated rings. The first-order valence-corrected chi connectivity index (χ1v) is 9.66. The van der Waals surface area contributed by atoms with Crippen molar-refractivity contribution in [3.05, 3.63) is 0 Å². The van der Waals surface area contributed by atoms with Gasteiger partial charge in [-0.05, 0) is 44.1 Å². The molecule has 1 unspecified atom stereocenters. The summed E-state index contributed by atoms with van der Waals surface area (Å²) in [5.74, 6) is 1.41. The monoisotopic (exact) mass is 312 g/mol. The van der Waals surface area contributed by atoms with Gasteiger partial charge in [0.25, 0.3) is 0 Å². The Morgan fingerprint density at radius 2 is 1.95 bits per heavy atom. The molecule has 0 aromatic carbocycles. The quantitative estimate of drug-likeness (QED) is 0.735. The van der Waals surface area contributed by atoms with Crippen LogP contribution in [0.2, 0.25) is 0 Å². The maximum absolute atomic E-state index is 12.9. The van der Waals surface area contributed by atoms with Crippen LogP contribution in [0.15, 0.2) is 0 Å². The number of hydrogen-bond acceptors (Lipinski definition) is 3. The molecular weight excluding hydrogens is 284 g/mol. The highest BCUT2D eigenvalue weighted by molar-refractivity contribution is 7.98. The third kappa shape index (κ3) is 3.55. The number of thioether (sulfide) groups is 1. The summed E-state index contributed by atoms with van der Waals surface area (Å²) < 4.78 is 0. The van der Waals surface area contributed by atoms with Gasteiger partial charge in [-0.3, -0.25) is 9.59 Å². The second-order valence-electron chi connectivity index (χ2n) is 6.25. The van der Waals surface area contributed by atoms with E-state index in [2.05, 4.69) is 11.6 Å². The van der Waals surface area contributed by atoms with E-state index in [9.17, 15) is 9.59 Å². The molecule has 1 atom stereocenters. The molecule has 1 N–H and O–H groups in total. The molecule has 0 radical (unpaired) electrons. The van der Waals surface area contributed by atoms with Crippen LogP contribution < -0.4 is 5.32 Å². The average molecular weight is 312 g/mol. The molecule has 1 heterocycles. The Bertz CT molecular complexity index is 380. The summed E-state index contributed by atoms with van der Waals surface area (Å²) in [4.78, 5) is 27.1. The fraction of sp³-hybridized carbons (Fsp3) is 0.875. The molecular formula is C16H28N2O2S. The van der Waals surface area contributed by atoms with Crippen molar-refractivity contribution in [2.45, 2.75) is 69.9 Å². The molecule has 1 aliphatic carbocycles. The highest BCUT2D eigenvalue weighted by Gasteiger charge is 2.51. The van der Waals surface area contributed by atoms with Gasteiger partial charge in [-0.1, -0.05) is 26.2 Å². The Labute approximate surface area is 132 Å². The van der Waals surface area contributed by atoms with Gasteiger partial charge in [-0.25, -0.2) is 0 Å². The predicted molar refractivity (Wildman–Crippen MR) is 87.4 cm³/mol. The minimum atomic E-state index is -0.567. The zero-order valence-corrected chi connectivity index (χ0v) is 14.1. The van der Waals surface area contributed by atoms with Gasteiger partial charge < -0.3 is 10.2 Å². The number of carbonyl (C=O) groups excluding carboxylic acids is 2. The Balaban J connectivity index is 1.99. The van der Waals surface area contributed by atoms with Gasteiger partial charge in [0, 0.05) is 6.54 Å². The van der Waals surface area contributed by atoms with Crippen LogP contribution in [0, 0.1) is 0 Å². The lowest BCUT2D eigenvalue weighted by atomic mass is 9.90. The van der Waals surface area contributed by atoms with Crippen molar-refractivity contribution < 1.29 is 9.59 Å². The zero-order valence-electron chi connectivity index (χ0n) is 13.3. The van der Waals surface area contributed by atoms with E-state index in [1.165, 1.54) is 12.2 Å². The van der Waals surface area contributed by atoms with Crippen LogP contribution in [0.5, 0.6) is 0 Å². The number of carbonyl (C=O) groups is 2. The fourth-order valence-corrected chi connectivity index (χ4v) is 4.11. The molecule has 2 rings (SSSR count). The van der Waals surface area contributed by atoms with Crippen molar-refractivity contribution in [1.82, 2.24) is 10.2 Å². The molecule has 1 aliphatic heterocycles. The Hall–Kier alpha value is -0.710. The van der Waals surface area contributed by atoms with Gasteiger partial charge >= 0.3 is 0 Å². The first-order chi connectivity index (χ1) is 10.1. The van der Waals surface area contributed by atoms with Crippen LogP contribution in [0.4, 0.5) is 0 Å². The van der Waals surface area contributed by atoms with Crippen LogP contribution in [0.25, 0.3) is 0 Å². The number of unbranched alkanes of at least 4 members (excludes halogenated alkanes) is 2. The van der Waals surface area contributed by atoms with Gasteiger partial charge in [0.15, 0.2) is 0 Å². The summed E-state index contributed by atoms with van der Waals surface area (Å²) in [5.41, 5.74) is -0.567. The van der Waals surface area contributed by atoms with Crippen LogP contribution in [0.1, 0.15) is 58.3 Å². The number of hydrogen-bond donors (Lipinski definition) is 1. The number of rotatable bonds is 7. The van der Waals surface area contributed by atoms with Crippen LogP contribution in [-0.2, 0) is 9.59 Å². The molecule has 0 aromatic heterocycles. The second-order valence-corrected chi connectivity index (χ2v) is 7.24. The Morgan fingerprint density at radius 1 is 1.24 bits per heavy atom. The molecule has 0 bridgehead atoms. The van der Waals surface area contributed by atoms with Crippen LogP contribution >= 0.6 is 11.8 Å². The minimum Gasteiger partial charge on any atom is -0.340 e. The van der Waals surface area contributed by atoms with E-state index in [0.717, 1.165) is 45.1 Å². The summed E-state index contributed by atoms with van der Waals surface area (Å²) in [5, 5.41) is 3.05. The molecule has 2 amide bonds. The van der Waals surface area contributed by atoms with Gasteiger partial charge in [0.2, 0.25) is 11.8 Å². The molecule has 21 heavy (non-hydrogen) atoms. The van der Waals surface area contributed by atoms with Crippen LogP contribution in [-0.4, -0.2) is 46.8 Å². The molecule has 1 saturated carbocycles. The third-order valence-electron chi connectivity index (χ3n) is 4.80. The van der Waals surface area contributed by atoms with Gasteiger partial charge in [-0.15, -0.1) is 0 Å². The van der Waals surface area contributed by atoms with Gasteiger partial charge in [-0.2, -0.15) is 11.8 Å². The van der Waals surface area contributed by atoms with E-state index in [4.69, 9.17) is 0 Å². The first kappa shape index (κ1) is 16.7. The minimum absolute atomic E-state index is 0.0584. The Morgan fingerprint density at radius 3 is 2.57 bits per heavy atom. The van der Waals surface area contributed by atoms with Gasteiger partial charge in [0.05, 0.1) is 0 Å². The lowest BCUT2D eigenvalue weighted by Crippen LogP contribution is -2.69. The largest absolute Gasteiger partial charge is 0.340 e. The number of piperazine rings is 1. The maximum atomic E-state index is 12.9. The van der Waals surface area contributed by atoms with Crippen LogP contribution in [0.3, 0.4) is 0 Å². The summed E-state index contributed by atoms with van der Waals surface area (Å²) in [6, 6.07) is -0.260. The molecule has 2 aliphatic rings. The number of amides is 2. The molecule has 1 saturated heterocycles. The highest BCUT2D eigenvalue weighted by Crippen LogP contribution is 2.35. The van der Waals surface area contributed by atoms with E-state index in [1.54, 1.807) is 0 Å². The van der Waals surface area contributed by atoms with Crippen molar-refractivity contribution in [1.29, 1.82) is 0 Å². The smallest absolute Gasteiger partial charge is 0.249 e. The maximum Gasteiger partial charge on any atom is 0.249 e. The molecule has 120 valence electrons. The molecule has 1 spiro atoms. The van der Waals surface area contributed by atoms with Crippen molar-refractivity contribution in [2.75, 3.05) is 18.6 Å². The molecule has 5 heteroatoms. The second kappa shape index (κ2) is 7.52. The predicted octanol–water partition coefficient (Wildman–Crippen LogP) is 2.57. The van der Waals surface area contributed by atoms with Crippen molar-refractivity contribution in [2.24, 2.45) is 0 Å². The number of nitrogens with zero attached hydrogens (tertiary/aromatic N) is 1. The summed E-state index contributed by atoms with van der Waals surface area (Å²) in [7, 11) is 0. The lowest BCUT2D eigenvalue weighted by Gasteiger charge is -2.44.